The molecule has 1 aromatic rings. The van der Waals surface area contributed by atoms with Crippen molar-refractivity contribution in [3.05, 3.63) is 35.4 Å². The van der Waals surface area contributed by atoms with E-state index >= 15 is 0 Å². The minimum absolute atomic E-state index is 0.388. The molecule has 0 amide bonds. The monoisotopic (exact) mass is 316 g/mol. The molecule has 128 valence electrons. The Morgan fingerprint density at radius 2 is 1.96 bits per heavy atom. The van der Waals surface area contributed by atoms with E-state index in [9.17, 15) is 0 Å². The molecule has 0 unspecified atom stereocenters. The van der Waals surface area contributed by atoms with Crippen LogP contribution in [0.1, 0.15) is 38.3 Å². The second-order valence-corrected chi connectivity index (χ2v) is 7.51. The van der Waals surface area contributed by atoms with Crippen molar-refractivity contribution in [3.63, 3.8) is 0 Å². The molecule has 2 rings (SSSR count). The van der Waals surface area contributed by atoms with Crippen molar-refractivity contribution >= 4 is 5.96 Å². The third-order valence-corrected chi connectivity index (χ3v) is 4.32. The molecule has 0 saturated carbocycles. The molecule has 0 bridgehead atoms. The minimum atomic E-state index is 0.388. The number of hydrogen-bond acceptors (Lipinski definition) is 2. The second kappa shape index (κ2) is 7.82. The molecule has 1 heterocycles. The van der Waals surface area contributed by atoms with Crippen molar-refractivity contribution in [3.8, 4) is 0 Å². The molecule has 0 aromatic heterocycles. The number of aliphatic imine (C=N–C) groups is 1. The first-order valence-corrected chi connectivity index (χ1v) is 8.66. The zero-order chi connectivity index (χ0) is 16.9. The average molecular weight is 316 g/mol. The highest BCUT2D eigenvalue weighted by molar-refractivity contribution is 5.80. The molecule has 0 radical (unpaired) electrons. The first kappa shape index (κ1) is 17.8. The molecule has 1 aliphatic rings. The van der Waals surface area contributed by atoms with Gasteiger partial charge in [0.2, 0.25) is 0 Å². The van der Waals surface area contributed by atoms with E-state index < -0.39 is 0 Å². The molecule has 0 spiro atoms. The van der Waals surface area contributed by atoms with Crippen LogP contribution in [0.25, 0.3) is 0 Å². The average Bonchev–Trinajstić information content (AvgIpc) is 2.84. The van der Waals surface area contributed by atoms with Crippen LogP contribution in [0, 0.1) is 5.41 Å². The number of rotatable bonds is 5. The number of hydrogen-bond donors (Lipinski definition) is 1. The lowest BCUT2D eigenvalue weighted by molar-refractivity contribution is 0.370. The van der Waals surface area contributed by atoms with Crippen molar-refractivity contribution in [1.29, 1.82) is 0 Å². The third-order valence-electron chi connectivity index (χ3n) is 4.32. The standard InChI is InChI=1S/C19H32N4/c1-6-20-18(23-12-11-19(2,3)15-23)21-13-16-9-7-8-10-17(16)14-22(4)5/h7-10H,6,11-15H2,1-5H3,(H,20,21). The van der Waals surface area contributed by atoms with Gasteiger partial charge in [0, 0.05) is 26.2 Å². The lowest BCUT2D eigenvalue weighted by atomic mass is 9.93. The van der Waals surface area contributed by atoms with E-state index in [1.165, 1.54) is 17.5 Å². The summed E-state index contributed by atoms with van der Waals surface area (Å²) < 4.78 is 0. The van der Waals surface area contributed by atoms with Gasteiger partial charge in [-0.05, 0) is 44.0 Å². The normalized spacial score (nSPS) is 17.8. The predicted octanol–water partition coefficient (Wildman–Crippen LogP) is 2.95. The summed E-state index contributed by atoms with van der Waals surface area (Å²) in [6.45, 7) is 11.6. The SMILES string of the molecule is CCNC(=NCc1ccccc1CN(C)C)N1CCC(C)(C)C1. The van der Waals surface area contributed by atoms with Crippen molar-refractivity contribution in [2.24, 2.45) is 10.4 Å². The first-order valence-electron chi connectivity index (χ1n) is 8.66. The van der Waals surface area contributed by atoms with E-state index in [0.717, 1.165) is 38.7 Å². The highest BCUT2D eigenvalue weighted by Crippen LogP contribution is 2.28. The summed E-state index contributed by atoms with van der Waals surface area (Å²) in [5.74, 6) is 1.05. The number of nitrogens with zero attached hydrogens (tertiary/aromatic N) is 3. The van der Waals surface area contributed by atoms with E-state index in [1.54, 1.807) is 0 Å². The van der Waals surface area contributed by atoms with E-state index in [-0.39, 0.29) is 0 Å². The van der Waals surface area contributed by atoms with Crippen LogP contribution in [0.3, 0.4) is 0 Å². The summed E-state index contributed by atoms with van der Waals surface area (Å²) in [6, 6.07) is 8.62. The number of benzene rings is 1. The molecule has 0 aliphatic carbocycles. The molecule has 1 fully saturated rings. The third kappa shape index (κ3) is 5.24. The van der Waals surface area contributed by atoms with Crippen LogP contribution in [0.2, 0.25) is 0 Å². The molecule has 23 heavy (non-hydrogen) atoms. The van der Waals surface area contributed by atoms with Crippen LogP contribution in [-0.2, 0) is 13.1 Å². The summed E-state index contributed by atoms with van der Waals surface area (Å²) in [7, 11) is 4.22. The Bertz CT molecular complexity index is 534. The van der Waals surface area contributed by atoms with Crippen LogP contribution in [0.15, 0.2) is 29.3 Å². The van der Waals surface area contributed by atoms with Gasteiger partial charge in [-0.25, -0.2) is 4.99 Å². The Kier molecular flexibility index (Phi) is 6.05. The summed E-state index contributed by atoms with van der Waals surface area (Å²) in [5, 5.41) is 3.46. The van der Waals surface area contributed by atoms with Gasteiger partial charge in [0.25, 0.3) is 0 Å². The topological polar surface area (TPSA) is 30.9 Å². The van der Waals surface area contributed by atoms with Gasteiger partial charge in [0.05, 0.1) is 6.54 Å². The van der Waals surface area contributed by atoms with Crippen molar-refractivity contribution in [2.45, 2.75) is 40.3 Å². The molecule has 0 atom stereocenters. The fourth-order valence-corrected chi connectivity index (χ4v) is 3.09. The van der Waals surface area contributed by atoms with Gasteiger partial charge in [-0.3, -0.25) is 0 Å². The molecule has 1 saturated heterocycles. The van der Waals surface area contributed by atoms with Crippen LogP contribution in [0.4, 0.5) is 0 Å². The fraction of sp³-hybridized carbons (Fsp3) is 0.632. The summed E-state index contributed by atoms with van der Waals surface area (Å²) in [4.78, 5) is 9.52. The van der Waals surface area contributed by atoms with Gasteiger partial charge in [0.15, 0.2) is 5.96 Å². The highest BCUT2D eigenvalue weighted by atomic mass is 15.3. The maximum Gasteiger partial charge on any atom is 0.194 e. The van der Waals surface area contributed by atoms with Crippen LogP contribution < -0.4 is 5.32 Å². The zero-order valence-corrected chi connectivity index (χ0v) is 15.4. The van der Waals surface area contributed by atoms with E-state index in [1.807, 2.05) is 0 Å². The molecule has 1 N–H and O–H groups in total. The lowest BCUT2D eigenvalue weighted by Crippen LogP contribution is -2.40. The van der Waals surface area contributed by atoms with Crippen LogP contribution in [0.5, 0.6) is 0 Å². The smallest absolute Gasteiger partial charge is 0.194 e. The molecule has 4 nitrogen and oxygen atoms in total. The maximum absolute atomic E-state index is 4.91. The van der Waals surface area contributed by atoms with E-state index in [4.69, 9.17) is 4.99 Å². The van der Waals surface area contributed by atoms with E-state index in [0.29, 0.717) is 5.41 Å². The number of likely N-dealkylation sites (tertiary alicyclic amines) is 1. The Labute approximate surface area is 141 Å². The minimum Gasteiger partial charge on any atom is -0.357 e. The Morgan fingerprint density at radius 3 is 2.52 bits per heavy atom. The van der Waals surface area contributed by atoms with Crippen molar-refractivity contribution in [2.75, 3.05) is 33.7 Å². The molecular formula is C19H32N4. The molecule has 1 aromatic carbocycles. The lowest BCUT2D eigenvalue weighted by Gasteiger charge is -2.24. The van der Waals surface area contributed by atoms with Gasteiger partial charge >= 0.3 is 0 Å². The van der Waals surface area contributed by atoms with Crippen LogP contribution in [-0.4, -0.2) is 49.5 Å². The fourth-order valence-electron chi connectivity index (χ4n) is 3.09. The first-order chi connectivity index (χ1) is 10.9. The maximum atomic E-state index is 4.91. The predicted molar refractivity (Wildman–Crippen MR) is 98.6 cm³/mol. The van der Waals surface area contributed by atoms with Gasteiger partial charge in [-0.15, -0.1) is 0 Å². The quantitative estimate of drug-likeness (QED) is 0.669. The zero-order valence-electron chi connectivity index (χ0n) is 15.4. The summed E-state index contributed by atoms with van der Waals surface area (Å²) in [6.07, 6.45) is 1.23. The van der Waals surface area contributed by atoms with Gasteiger partial charge in [-0.2, -0.15) is 0 Å². The van der Waals surface area contributed by atoms with Gasteiger partial charge in [-0.1, -0.05) is 38.1 Å². The van der Waals surface area contributed by atoms with Gasteiger partial charge < -0.3 is 15.1 Å². The Morgan fingerprint density at radius 1 is 1.26 bits per heavy atom. The Balaban J connectivity index is 2.12. The second-order valence-electron chi connectivity index (χ2n) is 7.51. The molecule has 4 heteroatoms. The highest BCUT2D eigenvalue weighted by Gasteiger charge is 2.30. The number of nitrogens with one attached hydrogen (secondary N) is 1. The van der Waals surface area contributed by atoms with Gasteiger partial charge in [0.1, 0.15) is 0 Å². The summed E-state index contributed by atoms with van der Waals surface area (Å²) in [5.41, 5.74) is 3.06. The van der Waals surface area contributed by atoms with Crippen molar-refractivity contribution in [1.82, 2.24) is 15.1 Å². The molecular weight excluding hydrogens is 284 g/mol. The largest absolute Gasteiger partial charge is 0.357 e. The van der Waals surface area contributed by atoms with Crippen molar-refractivity contribution < 1.29 is 0 Å². The van der Waals surface area contributed by atoms with E-state index in [2.05, 4.69) is 74.2 Å². The van der Waals surface area contributed by atoms with Crippen LogP contribution >= 0.6 is 0 Å². The number of guanidine groups is 1. The molecule has 1 aliphatic heterocycles. The summed E-state index contributed by atoms with van der Waals surface area (Å²) >= 11 is 0. The Hall–Kier alpha value is -1.55.